The van der Waals surface area contributed by atoms with E-state index in [9.17, 15) is 13.7 Å². The van der Waals surface area contributed by atoms with Crippen LogP contribution < -0.4 is 10.0 Å². The van der Waals surface area contributed by atoms with Crippen molar-refractivity contribution in [2.24, 2.45) is 0 Å². The number of benzene rings is 2. The molecule has 1 aromatic heterocycles. The van der Waals surface area contributed by atoms with Gasteiger partial charge in [0.2, 0.25) is 0 Å². The molecule has 3 N–H and O–H groups in total. The molecule has 0 aliphatic carbocycles. The highest BCUT2D eigenvalue weighted by Gasteiger charge is 2.12. The molecule has 3 aromatic rings. The average molecular weight is 362 g/mol. The van der Waals surface area contributed by atoms with Crippen LogP contribution in [0.15, 0.2) is 36.7 Å². The number of thiol groups is 1. The highest BCUT2D eigenvalue weighted by atomic mass is 32.3. The molecule has 132 valence electrons. The van der Waals surface area contributed by atoms with Gasteiger partial charge in [-0.15, -0.1) is 0 Å². The molecule has 0 saturated heterocycles. The summed E-state index contributed by atoms with van der Waals surface area (Å²) >= 11 is 0. The first-order chi connectivity index (χ1) is 11.7. The van der Waals surface area contributed by atoms with Gasteiger partial charge >= 0.3 is 0 Å². The Morgan fingerprint density at radius 2 is 1.92 bits per heavy atom. The number of aromatic hydroxyl groups is 1. The number of phenols is 1. The summed E-state index contributed by atoms with van der Waals surface area (Å²) in [5.74, 6) is -0.237. The number of aromatic nitrogens is 2. The van der Waals surface area contributed by atoms with E-state index in [2.05, 4.69) is 20.0 Å². The van der Waals surface area contributed by atoms with Gasteiger partial charge in [0.25, 0.3) is 0 Å². The summed E-state index contributed by atoms with van der Waals surface area (Å²) in [6.07, 6.45) is 4.69. The Morgan fingerprint density at radius 1 is 1.16 bits per heavy atom. The van der Waals surface area contributed by atoms with Gasteiger partial charge in [0, 0.05) is 29.7 Å². The maximum Gasteiger partial charge on any atom is 0.142 e. The minimum absolute atomic E-state index is 0.208. The Hall–Kier alpha value is -2.74. The van der Waals surface area contributed by atoms with Crippen LogP contribution in [-0.4, -0.2) is 31.8 Å². The van der Waals surface area contributed by atoms with Crippen molar-refractivity contribution in [2.45, 2.75) is 6.92 Å². The zero-order chi connectivity index (χ0) is 18.2. The summed E-state index contributed by atoms with van der Waals surface area (Å²) in [5.41, 5.74) is 2.59. The number of halogens is 1. The molecular weight excluding hydrogens is 343 g/mol. The number of hydrogen-bond donors (Lipinski definition) is 4. The van der Waals surface area contributed by atoms with Gasteiger partial charge in [0.05, 0.1) is 11.2 Å². The van der Waals surface area contributed by atoms with Crippen molar-refractivity contribution in [3.63, 3.8) is 0 Å². The van der Waals surface area contributed by atoms with Crippen molar-refractivity contribution in [3.8, 4) is 5.75 Å². The number of nitrogens with one attached hydrogen (secondary N) is 2. The Bertz CT molecular complexity index is 1000. The largest absolute Gasteiger partial charge is 0.506 e. The van der Waals surface area contributed by atoms with Gasteiger partial charge in [-0.2, -0.15) is 0 Å². The molecule has 3 rings (SSSR count). The van der Waals surface area contributed by atoms with E-state index in [4.69, 9.17) is 0 Å². The standard InChI is InChI=1S/C17H19FN4O2S/c1-10-6-12(22-25(2,3)24)8-14-16(10)17(20-9-19-14)21-13-5-4-11(18)7-15(13)23/h4-9,23,25H,1-3H3,(H,22,24)(H,19,20,21). The minimum Gasteiger partial charge on any atom is -0.506 e. The maximum atomic E-state index is 13.1. The van der Waals surface area contributed by atoms with E-state index in [-0.39, 0.29) is 5.75 Å². The summed E-state index contributed by atoms with van der Waals surface area (Å²) in [4.78, 5) is 8.50. The monoisotopic (exact) mass is 362 g/mol. The van der Waals surface area contributed by atoms with Crippen molar-refractivity contribution in [2.75, 3.05) is 22.6 Å². The van der Waals surface area contributed by atoms with Crippen LogP contribution in [0.3, 0.4) is 0 Å². The van der Waals surface area contributed by atoms with Crippen LogP contribution in [0.1, 0.15) is 5.56 Å². The second-order valence-electron chi connectivity index (χ2n) is 6.16. The fraction of sp³-hybridized carbons (Fsp3) is 0.176. The normalized spacial score (nSPS) is 12.2. The van der Waals surface area contributed by atoms with Gasteiger partial charge in [0.15, 0.2) is 0 Å². The zero-order valence-electron chi connectivity index (χ0n) is 14.0. The van der Waals surface area contributed by atoms with E-state index in [1.165, 1.54) is 18.5 Å². The molecule has 25 heavy (non-hydrogen) atoms. The number of anilines is 3. The fourth-order valence-electron chi connectivity index (χ4n) is 2.60. The predicted molar refractivity (Wildman–Crippen MR) is 101 cm³/mol. The third-order valence-corrected chi connectivity index (χ3v) is 4.34. The zero-order valence-corrected chi connectivity index (χ0v) is 14.9. The topological polar surface area (TPSA) is 87.1 Å². The SMILES string of the molecule is Cc1cc(N[SH](C)(C)=O)cc2ncnc(Nc3ccc(F)cc3O)c12. The quantitative estimate of drug-likeness (QED) is 0.423. The lowest BCUT2D eigenvalue weighted by atomic mass is 10.1. The first-order valence-electron chi connectivity index (χ1n) is 7.57. The van der Waals surface area contributed by atoms with E-state index in [1.807, 2.05) is 13.0 Å². The molecule has 0 radical (unpaired) electrons. The number of rotatable bonds is 4. The summed E-state index contributed by atoms with van der Waals surface area (Å²) < 4.78 is 28.1. The average Bonchev–Trinajstić information content (AvgIpc) is 2.48. The van der Waals surface area contributed by atoms with Gasteiger partial charge in [0.1, 0.15) is 23.7 Å². The highest BCUT2D eigenvalue weighted by Crippen LogP contribution is 2.32. The molecule has 0 aliphatic rings. The van der Waals surface area contributed by atoms with Crippen molar-refractivity contribution < 1.29 is 13.7 Å². The molecule has 1 heterocycles. The number of fused-ring (bicyclic) bond motifs is 1. The fourth-order valence-corrected chi connectivity index (χ4v) is 3.35. The van der Waals surface area contributed by atoms with Gasteiger partial charge in [-0.1, -0.05) is 0 Å². The first kappa shape index (κ1) is 17.1. The van der Waals surface area contributed by atoms with E-state index < -0.39 is 15.9 Å². The summed E-state index contributed by atoms with van der Waals surface area (Å²) in [6.45, 7) is 1.89. The Balaban J connectivity index is 2.06. The van der Waals surface area contributed by atoms with Crippen LogP contribution in [0.2, 0.25) is 0 Å². The minimum atomic E-state index is -2.44. The maximum absolute atomic E-state index is 13.1. The van der Waals surface area contributed by atoms with Gasteiger partial charge in [-0.3, -0.25) is 4.21 Å². The van der Waals surface area contributed by atoms with E-state index in [0.29, 0.717) is 22.7 Å². The summed E-state index contributed by atoms with van der Waals surface area (Å²) in [5, 5.41) is 13.6. The first-order valence-corrected chi connectivity index (χ1v) is 10.2. The molecule has 0 amide bonds. The predicted octanol–water partition coefficient (Wildman–Crippen LogP) is 3.13. The van der Waals surface area contributed by atoms with Crippen molar-refractivity contribution in [1.82, 2.24) is 9.97 Å². The number of nitrogens with zero attached hydrogens (tertiary/aromatic N) is 2. The van der Waals surface area contributed by atoms with Crippen LogP contribution in [-0.2, 0) is 10.1 Å². The van der Waals surface area contributed by atoms with Crippen LogP contribution in [0, 0.1) is 12.7 Å². The molecule has 0 aliphatic heterocycles. The molecule has 0 unspecified atom stereocenters. The third-order valence-electron chi connectivity index (χ3n) is 3.55. The molecular formula is C17H19FN4O2S. The van der Waals surface area contributed by atoms with E-state index in [1.54, 1.807) is 18.6 Å². The smallest absolute Gasteiger partial charge is 0.142 e. The molecule has 0 saturated carbocycles. The van der Waals surface area contributed by atoms with Crippen molar-refractivity contribution in [3.05, 3.63) is 48.0 Å². The molecule has 2 aromatic carbocycles. The molecule has 0 spiro atoms. The lowest BCUT2D eigenvalue weighted by molar-refractivity contribution is 0.471. The molecule has 0 bridgehead atoms. The van der Waals surface area contributed by atoms with E-state index in [0.717, 1.165) is 17.0 Å². The Kier molecular flexibility index (Phi) is 4.30. The lowest BCUT2D eigenvalue weighted by Crippen LogP contribution is -2.17. The number of aryl methyl sites for hydroxylation is 1. The Labute approximate surface area is 145 Å². The second kappa shape index (κ2) is 6.29. The number of hydrogen-bond acceptors (Lipinski definition) is 5. The molecule has 0 atom stereocenters. The van der Waals surface area contributed by atoms with Crippen LogP contribution in [0.5, 0.6) is 5.75 Å². The van der Waals surface area contributed by atoms with Gasteiger partial charge in [-0.25, -0.2) is 14.4 Å². The van der Waals surface area contributed by atoms with Crippen LogP contribution in [0.4, 0.5) is 21.6 Å². The van der Waals surface area contributed by atoms with E-state index >= 15 is 0 Å². The number of phenolic OH excluding ortho intramolecular Hbond substituents is 1. The van der Waals surface area contributed by atoms with Crippen LogP contribution >= 0.6 is 0 Å². The second-order valence-corrected chi connectivity index (χ2v) is 9.08. The summed E-state index contributed by atoms with van der Waals surface area (Å²) in [7, 11) is -2.44. The lowest BCUT2D eigenvalue weighted by Gasteiger charge is -2.18. The van der Waals surface area contributed by atoms with Crippen LogP contribution in [0.25, 0.3) is 10.9 Å². The van der Waals surface area contributed by atoms with Crippen molar-refractivity contribution >= 4 is 38.2 Å². The van der Waals surface area contributed by atoms with Gasteiger partial charge in [-0.05, 0) is 46.9 Å². The molecule has 6 nitrogen and oxygen atoms in total. The molecule has 0 fully saturated rings. The Morgan fingerprint density at radius 3 is 2.60 bits per heavy atom. The third kappa shape index (κ3) is 3.85. The molecule has 8 heteroatoms. The highest BCUT2D eigenvalue weighted by molar-refractivity contribution is 8.02. The van der Waals surface area contributed by atoms with Gasteiger partial charge < -0.3 is 15.1 Å². The summed E-state index contributed by atoms with van der Waals surface area (Å²) in [6, 6.07) is 7.37. The van der Waals surface area contributed by atoms with Crippen molar-refractivity contribution in [1.29, 1.82) is 0 Å².